The largest absolute Gasteiger partial charge is 0.463 e. The molecule has 0 unspecified atom stereocenters. The molecule has 2 N–H and O–H groups in total. The number of esters is 1. The second-order valence-corrected chi connectivity index (χ2v) is 11.6. The van der Waals surface area contributed by atoms with Crippen LogP contribution in [-0.4, -0.2) is 53.1 Å². The molecular weight excluding hydrogens is 540 g/mol. The molecule has 0 bridgehead atoms. The highest BCUT2D eigenvalue weighted by atomic mass is 16.5. The molecular formula is C36H40N2O5. The van der Waals surface area contributed by atoms with Crippen LogP contribution in [0.2, 0.25) is 0 Å². The van der Waals surface area contributed by atoms with Gasteiger partial charge in [-0.05, 0) is 54.4 Å². The summed E-state index contributed by atoms with van der Waals surface area (Å²) in [7, 11) is 0. The van der Waals surface area contributed by atoms with Crippen LogP contribution in [0.25, 0.3) is 0 Å². The van der Waals surface area contributed by atoms with Gasteiger partial charge in [-0.2, -0.15) is 0 Å². The van der Waals surface area contributed by atoms with Crippen molar-refractivity contribution in [1.29, 1.82) is 0 Å². The first-order valence-corrected chi connectivity index (χ1v) is 15.2. The quantitative estimate of drug-likeness (QED) is 0.319. The number of hydrogen-bond acceptors (Lipinski definition) is 5. The van der Waals surface area contributed by atoms with Gasteiger partial charge in [0.1, 0.15) is 6.61 Å². The summed E-state index contributed by atoms with van der Waals surface area (Å²) in [5.74, 6) is -1.63. The standard InChI is InChI=1S/C36H40N2O5/c39-24-33-21-28-15-7-10-18-31(28)23-38(33)34(40)22-29-16-8-9-17-30(19-26-11-3-1-4-12-26)36(42)43-25-32(37-35(29)41)20-27-13-5-2-6-14-27/h1-15,18,29-30,32-33,39H,16-17,19-25H2,(H,37,41)/t29-,30-,32-,33+/m1/s1. The summed E-state index contributed by atoms with van der Waals surface area (Å²) >= 11 is 0. The minimum Gasteiger partial charge on any atom is -0.463 e. The van der Waals surface area contributed by atoms with E-state index in [2.05, 4.69) is 5.32 Å². The molecule has 0 saturated heterocycles. The maximum atomic E-state index is 13.7. The second kappa shape index (κ2) is 14.8. The van der Waals surface area contributed by atoms with Crippen molar-refractivity contribution in [3.63, 3.8) is 0 Å². The van der Waals surface area contributed by atoms with E-state index in [0.717, 1.165) is 22.3 Å². The summed E-state index contributed by atoms with van der Waals surface area (Å²) in [6.07, 6.45) is 6.35. The zero-order chi connectivity index (χ0) is 30.0. The van der Waals surface area contributed by atoms with Gasteiger partial charge in [0.15, 0.2) is 0 Å². The number of rotatable bonds is 7. The van der Waals surface area contributed by atoms with Crippen LogP contribution in [0.1, 0.15) is 41.5 Å². The number of amides is 2. The monoisotopic (exact) mass is 580 g/mol. The molecule has 3 aromatic rings. The number of benzene rings is 3. The number of carbonyl (C=O) groups excluding carboxylic acids is 3. The van der Waals surface area contributed by atoms with Crippen molar-refractivity contribution in [3.8, 4) is 0 Å². The average molecular weight is 581 g/mol. The van der Waals surface area contributed by atoms with E-state index in [1.807, 2.05) is 97.1 Å². The van der Waals surface area contributed by atoms with Crippen LogP contribution in [0.5, 0.6) is 0 Å². The van der Waals surface area contributed by atoms with Gasteiger partial charge in [0.05, 0.1) is 30.5 Å². The molecule has 224 valence electrons. The topological polar surface area (TPSA) is 95.9 Å². The molecule has 0 radical (unpaired) electrons. The molecule has 7 heteroatoms. The maximum Gasteiger partial charge on any atom is 0.309 e. The number of aliphatic hydroxyl groups is 1. The Bertz CT molecular complexity index is 1410. The number of nitrogens with zero attached hydrogens (tertiary/aromatic N) is 1. The van der Waals surface area contributed by atoms with E-state index in [9.17, 15) is 19.5 Å². The molecule has 2 amide bonds. The van der Waals surface area contributed by atoms with Gasteiger partial charge >= 0.3 is 5.97 Å². The molecule has 7 nitrogen and oxygen atoms in total. The lowest BCUT2D eigenvalue weighted by atomic mass is 9.91. The third-order valence-corrected chi connectivity index (χ3v) is 8.44. The van der Waals surface area contributed by atoms with Crippen molar-refractivity contribution >= 4 is 17.8 Å². The van der Waals surface area contributed by atoms with Crippen molar-refractivity contribution in [1.82, 2.24) is 10.2 Å². The highest BCUT2D eigenvalue weighted by Crippen LogP contribution is 2.26. The van der Waals surface area contributed by atoms with Crippen LogP contribution in [-0.2, 0) is 44.9 Å². The van der Waals surface area contributed by atoms with Crippen LogP contribution in [0.4, 0.5) is 0 Å². The molecule has 2 aliphatic heterocycles. The Morgan fingerprint density at radius 1 is 0.814 bits per heavy atom. The fourth-order valence-corrected chi connectivity index (χ4v) is 6.01. The van der Waals surface area contributed by atoms with E-state index < -0.39 is 12.0 Å². The van der Waals surface area contributed by atoms with E-state index in [0.29, 0.717) is 38.6 Å². The van der Waals surface area contributed by atoms with Gasteiger partial charge in [-0.1, -0.05) is 97.1 Å². The van der Waals surface area contributed by atoms with Crippen molar-refractivity contribution in [2.24, 2.45) is 11.8 Å². The Kier molecular flexibility index (Phi) is 10.4. The first-order valence-electron chi connectivity index (χ1n) is 15.2. The number of ether oxygens (including phenoxy) is 1. The number of nitrogens with one attached hydrogen (secondary N) is 1. The van der Waals surface area contributed by atoms with E-state index in [4.69, 9.17) is 4.74 Å². The fourth-order valence-electron chi connectivity index (χ4n) is 6.01. The predicted molar refractivity (Wildman–Crippen MR) is 165 cm³/mol. The van der Waals surface area contributed by atoms with Crippen LogP contribution in [0.15, 0.2) is 97.1 Å². The van der Waals surface area contributed by atoms with Gasteiger partial charge in [0.2, 0.25) is 11.8 Å². The molecule has 3 aromatic carbocycles. The van der Waals surface area contributed by atoms with E-state index in [1.165, 1.54) is 0 Å². The van der Waals surface area contributed by atoms with Crippen LogP contribution < -0.4 is 5.32 Å². The Balaban J connectivity index is 1.35. The molecule has 43 heavy (non-hydrogen) atoms. The summed E-state index contributed by atoms with van der Waals surface area (Å²) in [4.78, 5) is 42.3. The average Bonchev–Trinajstić information content (AvgIpc) is 3.03. The highest BCUT2D eigenvalue weighted by molar-refractivity contribution is 5.86. The molecule has 2 heterocycles. The van der Waals surface area contributed by atoms with Crippen molar-refractivity contribution in [2.75, 3.05) is 13.2 Å². The molecule has 2 aliphatic rings. The molecule has 0 fully saturated rings. The summed E-state index contributed by atoms with van der Waals surface area (Å²) in [5.41, 5.74) is 4.28. The number of hydrogen-bond donors (Lipinski definition) is 2. The van der Waals surface area contributed by atoms with Gasteiger partial charge in [0.25, 0.3) is 0 Å². The number of fused-ring (bicyclic) bond motifs is 1. The minimum absolute atomic E-state index is 0.0279. The Morgan fingerprint density at radius 3 is 2.09 bits per heavy atom. The summed E-state index contributed by atoms with van der Waals surface area (Å²) < 4.78 is 5.82. The zero-order valence-corrected chi connectivity index (χ0v) is 24.4. The molecule has 0 saturated carbocycles. The van der Waals surface area contributed by atoms with E-state index in [1.54, 1.807) is 4.90 Å². The Labute approximate surface area is 253 Å². The summed E-state index contributed by atoms with van der Waals surface area (Å²) in [5, 5.41) is 13.2. The van der Waals surface area contributed by atoms with Gasteiger partial charge in [-0.25, -0.2) is 0 Å². The third-order valence-electron chi connectivity index (χ3n) is 8.44. The molecule has 0 aromatic heterocycles. The lowest BCUT2D eigenvalue weighted by molar-refractivity contribution is -0.150. The number of carbonyl (C=O) groups is 3. The van der Waals surface area contributed by atoms with Crippen molar-refractivity contribution in [3.05, 3.63) is 119 Å². The summed E-state index contributed by atoms with van der Waals surface area (Å²) in [6, 6.07) is 26.9. The Hall–Kier alpha value is -4.23. The smallest absolute Gasteiger partial charge is 0.309 e. The van der Waals surface area contributed by atoms with Crippen LogP contribution in [0.3, 0.4) is 0 Å². The number of allylic oxidation sites excluding steroid dienone is 2. The zero-order valence-electron chi connectivity index (χ0n) is 24.4. The molecule has 0 aliphatic carbocycles. The van der Waals surface area contributed by atoms with E-state index >= 15 is 0 Å². The van der Waals surface area contributed by atoms with Crippen molar-refractivity contribution in [2.45, 2.75) is 57.2 Å². The summed E-state index contributed by atoms with van der Waals surface area (Å²) in [6.45, 7) is 0.326. The second-order valence-electron chi connectivity index (χ2n) is 11.6. The molecule has 5 rings (SSSR count). The van der Waals surface area contributed by atoms with Gasteiger partial charge in [-0.3, -0.25) is 14.4 Å². The molecule has 4 atom stereocenters. The predicted octanol–water partition coefficient (Wildman–Crippen LogP) is 4.42. The van der Waals surface area contributed by atoms with Gasteiger partial charge in [-0.15, -0.1) is 0 Å². The van der Waals surface area contributed by atoms with E-state index in [-0.39, 0.29) is 49.4 Å². The first kappa shape index (κ1) is 30.2. The van der Waals surface area contributed by atoms with Crippen LogP contribution in [0, 0.1) is 11.8 Å². The first-order chi connectivity index (χ1) is 21.0. The van der Waals surface area contributed by atoms with Gasteiger partial charge < -0.3 is 20.1 Å². The van der Waals surface area contributed by atoms with Crippen LogP contribution >= 0.6 is 0 Å². The Morgan fingerprint density at radius 2 is 1.42 bits per heavy atom. The fraction of sp³-hybridized carbons (Fsp3) is 0.361. The third kappa shape index (κ3) is 8.20. The lowest BCUT2D eigenvalue weighted by Gasteiger charge is -2.36. The minimum atomic E-state index is -0.596. The van der Waals surface area contributed by atoms with Crippen molar-refractivity contribution < 1.29 is 24.2 Å². The SMILES string of the molecule is O=C1N[C@H](Cc2ccccc2)COC(=O)[C@@H](Cc2ccccc2)CC=CC[C@@H]1CC(=O)N1Cc2ccccc2C[C@H]1CO. The highest BCUT2D eigenvalue weighted by Gasteiger charge is 2.33. The lowest BCUT2D eigenvalue weighted by Crippen LogP contribution is -2.48. The number of aliphatic hydroxyl groups excluding tert-OH is 1. The van der Waals surface area contributed by atoms with Gasteiger partial charge in [0, 0.05) is 13.0 Å². The normalized spacial score (nSPS) is 22.9. The maximum absolute atomic E-state index is 13.7. The molecule has 0 spiro atoms. The number of cyclic esters (lactones) is 1.